The predicted molar refractivity (Wildman–Crippen MR) is 73.9 cm³/mol. The second-order valence-corrected chi connectivity index (χ2v) is 5.36. The maximum Gasteiger partial charge on any atom is 0.429 e. The minimum atomic E-state index is -0.764. The number of aliphatic hydroxyl groups excluding tert-OH is 1. The number of hydrogen-bond donors (Lipinski definition) is 2. The third-order valence-corrected chi connectivity index (χ3v) is 2.38. The van der Waals surface area contributed by atoms with E-state index in [0.29, 0.717) is 0 Å². The molecule has 7 heteroatoms. The Hall–Kier alpha value is -1.50. The average molecular weight is 290 g/mol. The van der Waals surface area contributed by atoms with Crippen LogP contribution in [0.2, 0.25) is 0 Å². The molecule has 1 atom stereocenters. The van der Waals surface area contributed by atoms with Crippen LogP contribution in [0, 0.1) is 5.92 Å². The van der Waals surface area contributed by atoms with Crippen molar-refractivity contribution in [2.24, 2.45) is 5.92 Å². The van der Waals surface area contributed by atoms with Crippen LogP contribution < -0.4 is 5.43 Å². The zero-order valence-electron chi connectivity index (χ0n) is 13.0. The average Bonchev–Trinajstić information content (AvgIpc) is 2.25. The third-order valence-electron chi connectivity index (χ3n) is 2.38. The van der Waals surface area contributed by atoms with E-state index in [1.54, 1.807) is 27.7 Å². The molecule has 0 rings (SSSR count). The molecular weight excluding hydrogens is 264 g/mol. The molecule has 0 unspecified atom stereocenters. The molecule has 118 valence electrons. The Morgan fingerprint density at radius 2 is 1.55 bits per heavy atom. The molecule has 0 spiro atoms. The number of hydrazine groups is 1. The molecule has 0 aliphatic rings. The normalized spacial score (nSPS) is 12.5. The standard InChI is InChI=1S/C13H26N2O5/c1-8(2)11(7-16)15(13(18)20-10(5)6)14-12(17)19-9(3)4/h8-11,16H,7H2,1-6H3,(H,14,17)/t11-/m1/s1. The highest BCUT2D eigenvalue weighted by molar-refractivity contribution is 5.74. The van der Waals surface area contributed by atoms with Crippen molar-refractivity contribution in [1.82, 2.24) is 10.4 Å². The molecule has 0 aliphatic carbocycles. The highest BCUT2D eigenvalue weighted by Gasteiger charge is 2.30. The minimum Gasteiger partial charge on any atom is -0.446 e. The first-order valence-corrected chi connectivity index (χ1v) is 6.77. The van der Waals surface area contributed by atoms with Crippen LogP contribution in [-0.2, 0) is 9.47 Å². The summed E-state index contributed by atoms with van der Waals surface area (Å²) in [6.45, 7) is 10.1. The Balaban J connectivity index is 4.95. The van der Waals surface area contributed by atoms with Gasteiger partial charge in [0.05, 0.1) is 24.9 Å². The fourth-order valence-electron chi connectivity index (χ4n) is 1.45. The Kier molecular flexibility index (Phi) is 7.98. The summed E-state index contributed by atoms with van der Waals surface area (Å²) in [5.41, 5.74) is 2.32. The van der Waals surface area contributed by atoms with Gasteiger partial charge < -0.3 is 14.6 Å². The van der Waals surface area contributed by atoms with Gasteiger partial charge in [-0.25, -0.2) is 20.0 Å². The van der Waals surface area contributed by atoms with Crippen LogP contribution in [0.1, 0.15) is 41.5 Å². The van der Waals surface area contributed by atoms with Crippen LogP contribution in [0.5, 0.6) is 0 Å². The van der Waals surface area contributed by atoms with Crippen molar-refractivity contribution in [3.05, 3.63) is 0 Å². The van der Waals surface area contributed by atoms with Gasteiger partial charge in [-0.15, -0.1) is 0 Å². The maximum absolute atomic E-state index is 12.0. The van der Waals surface area contributed by atoms with Crippen LogP contribution in [-0.4, -0.2) is 47.2 Å². The Bertz CT molecular complexity index is 318. The number of aliphatic hydroxyl groups is 1. The summed E-state index contributed by atoms with van der Waals surface area (Å²) in [4.78, 5) is 23.6. The van der Waals surface area contributed by atoms with Crippen LogP contribution in [0.3, 0.4) is 0 Å². The zero-order valence-corrected chi connectivity index (χ0v) is 13.0. The van der Waals surface area contributed by atoms with Crippen LogP contribution in [0.4, 0.5) is 9.59 Å². The highest BCUT2D eigenvalue weighted by atomic mass is 16.6. The van der Waals surface area contributed by atoms with Gasteiger partial charge in [-0.05, 0) is 33.6 Å². The van der Waals surface area contributed by atoms with E-state index in [9.17, 15) is 14.7 Å². The molecule has 0 fully saturated rings. The second kappa shape index (κ2) is 8.63. The molecule has 0 aromatic heterocycles. The topological polar surface area (TPSA) is 88.1 Å². The smallest absolute Gasteiger partial charge is 0.429 e. The van der Waals surface area contributed by atoms with E-state index in [-0.39, 0.29) is 24.7 Å². The monoisotopic (exact) mass is 290 g/mol. The molecule has 0 heterocycles. The molecule has 7 nitrogen and oxygen atoms in total. The number of nitrogens with one attached hydrogen (secondary N) is 1. The lowest BCUT2D eigenvalue weighted by atomic mass is 10.1. The van der Waals surface area contributed by atoms with Crippen molar-refractivity contribution in [3.63, 3.8) is 0 Å². The van der Waals surface area contributed by atoms with Gasteiger partial charge in [0, 0.05) is 0 Å². The van der Waals surface area contributed by atoms with E-state index in [4.69, 9.17) is 9.47 Å². The summed E-state index contributed by atoms with van der Waals surface area (Å²) >= 11 is 0. The third kappa shape index (κ3) is 6.60. The lowest BCUT2D eigenvalue weighted by Crippen LogP contribution is -2.56. The molecule has 0 aromatic carbocycles. The Labute approximate surface area is 120 Å². The number of carbonyl (C=O) groups excluding carboxylic acids is 2. The number of carbonyl (C=O) groups is 2. The molecule has 0 radical (unpaired) electrons. The van der Waals surface area contributed by atoms with Crippen LogP contribution >= 0.6 is 0 Å². The van der Waals surface area contributed by atoms with Crippen LogP contribution in [0.15, 0.2) is 0 Å². The SMILES string of the molecule is CC(C)OC(=O)NN(C(=O)OC(C)C)[C@H](CO)C(C)C. The van der Waals surface area contributed by atoms with Gasteiger partial charge in [0.25, 0.3) is 0 Å². The van der Waals surface area contributed by atoms with Gasteiger partial charge in [0.1, 0.15) is 0 Å². The van der Waals surface area contributed by atoms with Crippen molar-refractivity contribution in [2.45, 2.75) is 59.8 Å². The van der Waals surface area contributed by atoms with E-state index in [2.05, 4.69) is 5.43 Å². The molecule has 2 N–H and O–H groups in total. The van der Waals surface area contributed by atoms with Gasteiger partial charge >= 0.3 is 12.2 Å². The summed E-state index contributed by atoms with van der Waals surface area (Å²) < 4.78 is 9.99. The fraction of sp³-hybridized carbons (Fsp3) is 0.846. The summed E-state index contributed by atoms with van der Waals surface area (Å²) in [6.07, 6.45) is -2.14. The molecule has 20 heavy (non-hydrogen) atoms. The van der Waals surface area contributed by atoms with Crippen molar-refractivity contribution < 1.29 is 24.2 Å². The number of rotatable bonds is 5. The van der Waals surface area contributed by atoms with E-state index < -0.39 is 18.2 Å². The first-order chi connectivity index (χ1) is 9.18. The van der Waals surface area contributed by atoms with Gasteiger partial charge in [0.2, 0.25) is 0 Å². The van der Waals surface area contributed by atoms with Gasteiger partial charge in [-0.2, -0.15) is 0 Å². The zero-order chi connectivity index (χ0) is 15.9. The fourth-order valence-corrected chi connectivity index (χ4v) is 1.45. The molecule has 0 aliphatic heterocycles. The Morgan fingerprint density at radius 1 is 1.05 bits per heavy atom. The molecule has 0 bridgehead atoms. The summed E-state index contributed by atoms with van der Waals surface area (Å²) in [5.74, 6) is -0.0703. The minimum absolute atomic E-state index is 0.0703. The number of ether oxygens (including phenoxy) is 2. The predicted octanol–water partition coefficient (Wildman–Crippen LogP) is 1.90. The first-order valence-electron chi connectivity index (χ1n) is 6.77. The van der Waals surface area contributed by atoms with Crippen molar-refractivity contribution in [1.29, 1.82) is 0 Å². The molecule has 0 saturated carbocycles. The van der Waals surface area contributed by atoms with Gasteiger partial charge in [-0.1, -0.05) is 13.8 Å². The second-order valence-electron chi connectivity index (χ2n) is 5.36. The summed E-state index contributed by atoms with van der Waals surface area (Å²) in [6, 6.07) is -0.596. The number of nitrogens with zero attached hydrogens (tertiary/aromatic N) is 1. The van der Waals surface area contributed by atoms with Gasteiger partial charge in [0.15, 0.2) is 0 Å². The van der Waals surface area contributed by atoms with Crippen molar-refractivity contribution >= 4 is 12.2 Å². The van der Waals surface area contributed by atoms with Gasteiger partial charge in [-0.3, -0.25) is 0 Å². The summed E-state index contributed by atoms with van der Waals surface area (Å²) in [7, 11) is 0. The molecular formula is C13H26N2O5. The Morgan fingerprint density at radius 3 is 1.90 bits per heavy atom. The summed E-state index contributed by atoms with van der Waals surface area (Å²) in [5, 5.41) is 10.4. The maximum atomic E-state index is 12.0. The van der Waals surface area contributed by atoms with Crippen LogP contribution in [0.25, 0.3) is 0 Å². The number of hydrogen-bond acceptors (Lipinski definition) is 5. The lowest BCUT2D eigenvalue weighted by Gasteiger charge is -2.32. The van der Waals surface area contributed by atoms with Crippen molar-refractivity contribution in [3.8, 4) is 0 Å². The number of amides is 2. The largest absolute Gasteiger partial charge is 0.446 e. The van der Waals surface area contributed by atoms with E-state index in [1.165, 1.54) is 0 Å². The van der Waals surface area contributed by atoms with E-state index >= 15 is 0 Å². The quantitative estimate of drug-likeness (QED) is 0.755. The lowest BCUT2D eigenvalue weighted by molar-refractivity contribution is 0.00884. The molecule has 2 amide bonds. The van der Waals surface area contributed by atoms with E-state index in [0.717, 1.165) is 5.01 Å². The molecule has 0 saturated heterocycles. The van der Waals surface area contributed by atoms with Crippen molar-refractivity contribution in [2.75, 3.05) is 6.61 Å². The highest BCUT2D eigenvalue weighted by Crippen LogP contribution is 2.11. The van der Waals surface area contributed by atoms with E-state index in [1.807, 2.05) is 13.8 Å². The molecule has 0 aromatic rings. The first kappa shape index (κ1) is 18.5.